The molecule has 0 aromatic carbocycles. The third-order valence-electron chi connectivity index (χ3n) is 3.36. The largest absolute Gasteiger partial charge is 0.464 e. The van der Waals surface area contributed by atoms with Gasteiger partial charge in [-0.05, 0) is 13.3 Å². The zero-order valence-corrected chi connectivity index (χ0v) is 10.7. The number of carbonyl (C=O) groups is 2. The van der Waals surface area contributed by atoms with Gasteiger partial charge in [0, 0.05) is 26.2 Å². The number of nitrogens with one attached hydrogen (secondary N) is 1. The lowest BCUT2D eigenvalue weighted by atomic mass is 10.0. The number of nitrogens with zero attached hydrogens (tertiary/aromatic N) is 1. The molecular formula is C12H20N2O4. The molecule has 0 saturated carbocycles. The lowest BCUT2D eigenvalue weighted by Crippen LogP contribution is -2.58. The van der Waals surface area contributed by atoms with Crippen LogP contribution in [0.4, 0.5) is 0 Å². The van der Waals surface area contributed by atoms with E-state index in [-0.39, 0.29) is 17.8 Å². The van der Waals surface area contributed by atoms with E-state index in [0.29, 0.717) is 32.9 Å². The highest BCUT2D eigenvalue weighted by molar-refractivity contribution is 5.86. The molecule has 2 saturated heterocycles. The van der Waals surface area contributed by atoms with E-state index in [2.05, 4.69) is 5.32 Å². The number of amides is 1. The van der Waals surface area contributed by atoms with E-state index in [9.17, 15) is 9.59 Å². The molecule has 2 rings (SSSR count). The second-order valence-electron chi connectivity index (χ2n) is 4.56. The van der Waals surface area contributed by atoms with Crippen molar-refractivity contribution in [3.8, 4) is 0 Å². The van der Waals surface area contributed by atoms with Gasteiger partial charge in [0.05, 0.1) is 19.1 Å². The smallest absolute Gasteiger partial charge is 0.330 e. The van der Waals surface area contributed by atoms with Crippen LogP contribution in [-0.2, 0) is 19.1 Å². The maximum absolute atomic E-state index is 12.3. The summed E-state index contributed by atoms with van der Waals surface area (Å²) in [7, 11) is 0. The molecule has 2 unspecified atom stereocenters. The lowest BCUT2D eigenvalue weighted by molar-refractivity contribution is -0.157. The third kappa shape index (κ3) is 2.81. The van der Waals surface area contributed by atoms with Gasteiger partial charge >= 0.3 is 5.97 Å². The first-order chi connectivity index (χ1) is 8.74. The van der Waals surface area contributed by atoms with E-state index in [1.807, 2.05) is 0 Å². The van der Waals surface area contributed by atoms with Crippen LogP contribution in [-0.4, -0.2) is 62.3 Å². The fraction of sp³-hybridized carbons (Fsp3) is 0.833. The molecule has 0 bridgehead atoms. The van der Waals surface area contributed by atoms with E-state index in [1.165, 1.54) is 0 Å². The highest BCUT2D eigenvalue weighted by atomic mass is 16.5. The first kappa shape index (κ1) is 13.3. The average molecular weight is 256 g/mol. The lowest BCUT2D eigenvalue weighted by Gasteiger charge is -2.35. The Morgan fingerprint density at radius 2 is 2.33 bits per heavy atom. The Balaban J connectivity index is 2.02. The summed E-state index contributed by atoms with van der Waals surface area (Å²) in [5, 5.41) is 3.12. The van der Waals surface area contributed by atoms with E-state index >= 15 is 0 Å². The molecule has 6 nitrogen and oxygen atoms in total. The molecule has 2 atom stereocenters. The Kier molecular flexibility index (Phi) is 4.54. The molecule has 0 aromatic rings. The molecule has 2 aliphatic rings. The number of ether oxygens (including phenoxy) is 2. The third-order valence-corrected chi connectivity index (χ3v) is 3.36. The number of esters is 1. The first-order valence-corrected chi connectivity index (χ1v) is 6.49. The zero-order valence-electron chi connectivity index (χ0n) is 10.7. The maximum Gasteiger partial charge on any atom is 0.330 e. The molecule has 6 heteroatoms. The highest BCUT2D eigenvalue weighted by Gasteiger charge is 2.37. The topological polar surface area (TPSA) is 67.9 Å². The van der Waals surface area contributed by atoms with Gasteiger partial charge in [-0.2, -0.15) is 0 Å². The first-order valence-electron chi connectivity index (χ1n) is 6.49. The monoisotopic (exact) mass is 256 g/mol. The summed E-state index contributed by atoms with van der Waals surface area (Å²) in [6, 6.07) is -0.494. The molecule has 1 amide bonds. The van der Waals surface area contributed by atoms with Crippen LogP contribution in [0.5, 0.6) is 0 Å². The van der Waals surface area contributed by atoms with Crippen LogP contribution in [0.1, 0.15) is 13.3 Å². The van der Waals surface area contributed by atoms with Crippen molar-refractivity contribution in [2.24, 2.45) is 5.92 Å². The van der Waals surface area contributed by atoms with Crippen LogP contribution < -0.4 is 5.32 Å². The zero-order chi connectivity index (χ0) is 13.0. The minimum atomic E-state index is -0.494. The van der Waals surface area contributed by atoms with E-state index < -0.39 is 6.04 Å². The SMILES string of the molecule is CCOC(=O)C1CNCCN1C(=O)C1CCOC1. The summed E-state index contributed by atoms with van der Waals surface area (Å²) in [5.41, 5.74) is 0. The van der Waals surface area contributed by atoms with Crippen LogP contribution in [0.3, 0.4) is 0 Å². The quantitative estimate of drug-likeness (QED) is 0.682. The molecule has 18 heavy (non-hydrogen) atoms. The molecule has 0 aromatic heterocycles. The van der Waals surface area contributed by atoms with Crippen molar-refractivity contribution >= 4 is 11.9 Å². The molecule has 2 heterocycles. The van der Waals surface area contributed by atoms with Gasteiger partial charge in [0.25, 0.3) is 0 Å². The van der Waals surface area contributed by atoms with Gasteiger partial charge in [-0.25, -0.2) is 4.79 Å². The summed E-state index contributed by atoms with van der Waals surface area (Å²) >= 11 is 0. The molecular weight excluding hydrogens is 236 g/mol. The van der Waals surface area contributed by atoms with Crippen molar-refractivity contribution < 1.29 is 19.1 Å². The van der Waals surface area contributed by atoms with Crippen molar-refractivity contribution in [2.75, 3.05) is 39.5 Å². The van der Waals surface area contributed by atoms with Gasteiger partial charge in [-0.1, -0.05) is 0 Å². The number of piperazine rings is 1. The number of hydrogen-bond donors (Lipinski definition) is 1. The Morgan fingerprint density at radius 1 is 1.50 bits per heavy atom. The normalized spacial score (nSPS) is 28.2. The molecule has 0 spiro atoms. The van der Waals surface area contributed by atoms with Gasteiger partial charge in [0.15, 0.2) is 0 Å². The second-order valence-corrected chi connectivity index (χ2v) is 4.56. The van der Waals surface area contributed by atoms with E-state index in [1.54, 1.807) is 11.8 Å². The number of hydrogen-bond acceptors (Lipinski definition) is 5. The van der Waals surface area contributed by atoms with E-state index in [0.717, 1.165) is 13.0 Å². The molecule has 0 radical (unpaired) electrons. The summed E-state index contributed by atoms with van der Waals surface area (Å²) in [6.45, 7) is 4.95. The van der Waals surface area contributed by atoms with Crippen LogP contribution in [0.15, 0.2) is 0 Å². The Labute approximate surface area is 107 Å². The molecule has 2 aliphatic heterocycles. The standard InChI is InChI=1S/C12H20N2O4/c1-2-18-12(16)10-7-13-4-5-14(10)11(15)9-3-6-17-8-9/h9-10,13H,2-8H2,1H3. The highest BCUT2D eigenvalue weighted by Crippen LogP contribution is 2.18. The van der Waals surface area contributed by atoms with Crippen LogP contribution in [0, 0.1) is 5.92 Å². The number of rotatable bonds is 3. The second kappa shape index (κ2) is 6.15. The van der Waals surface area contributed by atoms with Gasteiger partial charge in [-0.3, -0.25) is 4.79 Å². The van der Waals surface area contributed by atoms with E-state index in [4.69, 9.17) is 9.47 Å². The Hall–Kier alpha value is -1.14. The van der Waals surface area contributed by atoms with Gasteiger partial charge in [-0.15, -0.1) is 0 Å². The fourth-order valence-corrected chi connectivity index (χ4v) is 2.38. The van der Waals surface area contributed by atoms with Crippen molar-refractivity contribution in [2.45, 2.75) is 19.4 Å². The Morgan fingerprint density at radius 3 is 3.00 bits per heavy atom. The van der Waals surface area contributed by atoms with Crippen molar-refractivity contribution in [1.82, 2.24) is 10.2 Å². The minimum absolute atomic E-state index is 0.0204. The van der Waals surface area contributed by atoms with Gasteiger partial charge < -0.3 is 19.7 Å². The predicted octanol–water partition coefficient (Wildman–Crippen LogP) is -0.614. The van der Waals surface area contributed by atoms with Crippen molar-refractivity contribution in [3.63, 3.8) is 0 Å². The maximum atomic E-state index is 12.3. The summed E-state index contributed by atoms with van der Waals surface area (Å²) < 4.78 is 10.3. The minimum Gasteiger partial charge on any atom is -0.464 e. The van der Waals surface area contributed by atoms with Crippen LogP contribution in [0.25, 0.3) is 0 Å². The van der Waals surface area contributed by atoms with Crippen LogP contribution in [0.2, 0.25) is 0 Å². The van der Waals surface area contributed by atoms with Crippen molar-refractivity contribution in [3.05, 3.63) is 0 Å². The summed E-state index contributed by atoms with van der Waals surface area (Å²) in [5.74, 6) is -0.399. The molecule has 0 aliphatic carbocycles. The molecule has 2 fully saturated rings. The summed E-state index contributed by atoms with van der Waals surface area (Å²) in [6.07, 6.45) is 0.748. The average Bonchev–Trinajstić information content (AvgIpc) is 2.92. The summed E-state index contributed by atoms with van der Waals surface area (Å²) in [4.78, 5) is 25.8. The molecule has 102 valence electrons. The van der Waals surface area contributed by atoms with Gasteiger partial charge in [0.2, 0.25) is 5.91 Å². The molecule has 1 N–H and O–H groups in total. The number of carbonyl (C=O) groups excluding carboxylic acids is 2. The fourth-order valence-electron chi connectivity index (χ4n) is 2.38. The van der Waals surface area contributed by atoms with Crippen LogP contribution >= 0.6 is 0 Å². The van der Waals surface area contributed by atoms with Crippen molar-refractivity contribution in [1.29, 1.82) is 0 Å². The predicted molar refractivity (Wildman–Crippen MR) is 63.9 cm³/mol. The van der Waals surface area contributed by atoms with Gasteiger partial charge in [0.1, 0.15) is 6.04 Å². The Bertz CT molecular complexity index is 315.